The monoisotopic (exact) mass is 335 g/mol. The molecule has 7 nitrogen and oxygen atoms in total. The van der Waals surface area contributed by atoms with Crippen LogP contribution in [0.3, 0.4) is 0 Å². The van der Waals surface area contributed by atoms with Gasteiger partial charge in [-0.3, -0.25) is 0 Å². The summed E-state index contributed by atoms with van der Waals surface area (Å²) in [5.74, 6) is -0.463. The Bertz CT molecular complexity index is 580. The normalized spacial score (nSPS) is 18.0. The van der Waals surface area contributed by atoms with E-state index in [1.165, 1.54) is 7.11 Å². The molecule has 1 saturated heterocycles. The van der Waals surface area contributed by atoms with Crippen LogP contribution in [0.15, 0.2) is 18.3 Å². The van der Waals surface area contributed by atoms with Crippen LogP contribution < -0.4 is 5.32 Å². The maximum absolute atomic E-state index is 12.2. The fourth-order valence-electron chi connectivity index (χ4n) is 2.53. The summed E-state index contributed by atoms with van der Waals surface area (Å²) in [4.78, 5) is 29.4. The van der Waals surface area contributed by atoms with Crippen LogP contribution >= 0.6 is 0 Å². The third-order valence-corrected chi connectivity index (χ3v) is 3.60. The fraction of sp³-hybridized carbons (Fsp3) is 0.588. The number of amides is 1. The number of rotatable bonds is 3. The Labute approximate surface area is 142 Å². The van der Waals surface area contributed by atoms with E-state index < -0.39 is 11.6 Å². The molecule has 1 fully saturated rings. The lowest BCUT2D eigenvalue weighted by Crippen LogP contribution is -2.47. The van der Waals surface area contributed by atoms with Crippen molar-refractivity contribution in [2.24, 2.45) is 0 Å². The first-order valence-electron chi connectivity index (χ1n) is 8.07. The zero-order chi connectivity index (χ0) is 17.7. The SMILES string of the molecule is COC(=O)c1ccc(N[C@@H]2CCCN(C(=O)OC(C)(C)C)C2)cn1. The van der Waals surface area contributed by atoms with Crippen LogP contribution in [0.25, 0.3) is 0 Å². The van der Waals surface area contributed by atoms with Gasteiger partial charge in [-0.25, -0.2) is 14.6 Å². The Hall–Kier alpha value is -2.31. The van der Waals surface area contributed by atoms with Crippen molar-refractivity contribution in [1.29, 1.82) is 0 Å². The maximum Gasteiger partial charge on any atom is 0.410 e. The van der Waals surface area contributed by atoms with E-state index in [-0.39, 0.29) is 17.8 Å². The molecule has 1 aromatic rings. The van der Waals surface area contributed by atoms with Crippen LogP contribution in [0.4, 0.5) is 10.5 Å². The van der Waals surface area contributed by atoms with Gasteiger partial charge in [-0.15, -0.1) is 0 Å². The number of anilines is 1. The number of ether oxygens (including phenoxy) is 2. The minimum absolute atomic E-state index is 0.122. The van der Waals surface area contributed by atoms with Gasteiger partial charge in [0.2, 0.25) is 0 Å². The summed E-state index contributed by atoms with van der Waals surface area (Å²) in [5, 5.41) is 3.35. The highest BCUT2D eigenvalue weighted by Gasteiger charge is 2.27. The number of carbonyl (C=O) groups is 2. The molecular formula is C17H25N3O4. The van der Waals surface area contributed by atoms with E-state index in [0.29, 0.717) is 13.1 Å². The largest absolute Gasteiger partial charge is 0.464 e. The van der Waals surface area contributed by atoms with Crippen molar-refractivity contribution < 1.29 is 19.1 Å². The Balaban J connectivity index is 1.93. The first kappa shape index (κ1) is 18.0. The number of carbonyl (C=O) groups excluding carboxylic acids is 2. The summed E-state index contributed by atoms with van der Waals surface area (Å²) in [6.45, 7) is 6.86. The molecule has 0 aromatic carbocycles. The zero-order valence-electron chi connectivity index (χ0n) is 14.7. The Morgan fingerprint density at radius 2 is 2.08 bits per heavy atom. The van der Waals surface area contributed by atoms with Gasteiger partial charge in [-0.05, 0) is 45.7 Å². The Kier molecular flexibility index (Phi) is 5.64. The molecule has 2 heterocycles. The molecule has 24 heavy (non-hydrogen) atoms. The first-order chi connectivity index (χ1) is 11.3. The number of esters is 1. The number of hydrogen-bond donors (Lipinski definition) is 1. The van der Waals surface area contributed by atoms with Gasteiger partial charge in [-0.2, -0.15) is 0 Å². The van der Waals surface area contributed by atoms with Gasteiger partial charge in [0.1, 0.15) is 11.3 Å². The van der Waals surface area contributed by atoms with E-state index in [9.17, 15) is 9.59 Å². The third kappa shape index (κ3) is 5.11. The average Bonchev–Trinajstić information content (AvgIpc) is 2.53. The average molecular weight is 335 g/mol. The highest BCUT2D eigenvalue weighted by atomic mass is 16.6. The third-order valence-electron chi connectivity index (χ3n) is 3.60. The molecule has 2 rings (SSSR count). The molecule has 1 aliphatic rings. The molecule has 1 aliphatic heterocycles. The van der Waals surface area contributed by atoms with Gasteiger partial charge in [0.25, 0.3) is 0 Å². The number of piperidine rings is 1. The lowest BCUT2D eigenvalue weighted by atomic mass is 10.1. The lowest BCUT2D eigenvalue weighted by Gasteiger charge is -2.34. The summed E-state index contributed by atoms with van der Waals surface area (Å²) in [6, 6.07) is 3.52. The van der Waals surface area contributed by atoms with Gasteiger partial charge in [0, 0.05) is 19.1 Å². The Morgan fingerprint density at radius 1 is 1.33 bits per heavy atom. The van der Waals surface area contributed by atoms with E-state index in [2.05, 4.69) is 15.0 Å². The van der Waals surface area contributed by atoms with Crippen LogP contribution in [-0.2, 0) is 9.47 Å². The minimum Gasteiger partial charge on any atom is -0.464 e. The Morgan fingerprint density at radius 3 is 2.67 bits per heavy atom. The summed E-state index contributed by atoms with van der Waals surface area (Å²) < 4.78 is 10.1. The van der Waals surface area contributed by atoms with E-state index in [1.54, 1.807) is 23.2 Å². The topological polar surface area (TPSA) is 80.8 Å². The van der Waals surface area contributed by atoms with Crippen molar-refractivity contribution in [2.45, 2.75) is 45.3 Å². The second-order valence-electron chi connectivity index (χ2n) is 6.83. The van der Waals surface area contributed by atoms with Crippen LogP contribution in [0.2, 0.25) is 0 Å². The number of likely N-dealkylation sites (tertiary alicyclic amines) is 1. The molecule has 0 bridgehead atoms. The summed E-state index contributed by atoms with van der Waals surface area (Å²) in [6.07, 6.45) is 3.18. The van der Waals surface area contributed by atoms with E-state index >= 15 is 0 Å². The van der Waals surface area contributed by atoms with E-state index in [4.69, 9.17) is 4.74 Å². The molecule has 0 saturated carbocycles. The van der Waals surface area contributed by atoms with Crippen molar-refractivity contribution in [3.8, 4) is 0 Å². The molecule has 0 radical (unpaired) electrons. The molecule has 1 amide bonds. The van der Waals surface area contributed by atoms with Crippen LogP contribution in [0, 0.1) is 0 Å². The number of nitrogens with one attached hydrogen (secondary N) is 1. The smallest absolute Gasteiger partial charge is 0.410 e. The summed E-state index contributed by atoms with van der Waals surface area (Å²) >= 11 is 0. The second kappa shape index (κ2) is 7.51. The van der Waals surface area contributed by atoms with Crippen molar-refractivity contribution in [1.82, 2.24) is 9.88 Å². The van der Waals surface area contributed by atoms with Crippen LogP contribution in [0.5, 0.6) is 0 Å². The number of nitrogens with zero attached hydrogens (tertiary/aromatic N) is 2. The number of pyridine rings is 1. The number of hydrogen-bond acceptors (Lipinski definition) is 6. The lowest BCUT2D eigenvalue weighted by molar-refractivity contribution is 0.0206. The van der Waals surface area contributed by atoms with Gasteiger partial charge in [0.15, 0.2) is 0 Å². The molecule has 7 heteroatoms. The summed E-state index contributed by atoms with van der Waals surface area (Å²) in [7, 11) is 1.32. The summed E-state index contributed by atoms with van der Waals surface area (Å²) in [5.41, 5.74) is 0.575. The molecule has 1 atom stereocenters. The molecule has 132 valence electrons. The highest BCUT2D eigenvalue weighted by molar-refractivity contribution is 5.87. The predicted octanol–water partition coefficient (Wildman–Crippen LogP) is 2.68. The standard InChI is InChI=1S/C17H25N3O4/c1-17(2,3)24-16(22)20-9-5-6-13(11-20)19-12-7-8-14(18-10-12)15(21)23-4/h7-8,10,13,19H,5-6,9,11H2,1-4H3/t13-/m1/s1. The quantitative estimate of drug-likeness (QED) is 0.856. The molecule has 0 aliphatic carbocycles. The van der Waals surface area contributed by atoms with Crippen molar-refractivity contribution in [3.05, 3.63) is 24.0 Å². The first-order valence-corrected chi connectivity index (χ1v) is 8.07. The number of methoxy groups -OCH3 is 1. The van der Waals surface area contributed by atoms with Gasteiger partial charge < -0.3 is 19.7 Å². The van der Waals surface area contributed by atoms with Crippen LogP contribution in [0.1, 0.15) is 44.1 Å². The van der Waals surface area contributed by atoms with E-state index in [0.717, 1.165) is 18.5 Å². The highest BCUT2D eigenvalue weighted by Crippen LogP contribution is 2.18. The van der Waals surface area contributed by atoms with Crippen molar-refractivity contribution >= 4 is 17.7 Å². The molecule has 0 spiro atoms. The fourth-order valence-corrected chi connectivity index (χ4v) is 2.53. The van der Waals surface area contributed by atoms with Crippen LogP contribution in [-0.4, -0.2) is 53.8 Å². The van der Waals surface area contributed by atoms with Gasteiger partial charge >= 0.3 is 12.1 Å². The minimum atomic E-state index is -0.495. The van der Waals surface area contributed by atoms with Crippen molar-refractivity contribution in [3.63, 3.8) is 0 Å². The van der Waals surface area contributed by atoms with E-state index in [1.807, 2.05) is 20.8 Å². The van der Waals surface area contributed by atoms with Gasteiger partial charge in [0.05, 0.1) is 19.0 Å². The molecule has 0 unspecified atom stereocenters. The molecule has 1 N–H and O–H groups in total. The molecule has 1 aromatic heterocycles. The predicted molar refractivity (Wildman–Crippen MR) is 90.0 cm³/mol. The second-order valence-corrected chi connectivity index (χ2v) is 6.83. The zero-order valence-corrected chi connectivity index (χ0v) is 14.7. The van der Waals surface area contributed by atoms with Crippen molar-refractivity contribution in [2.75, 3.05) is 25.5 Å². The molecular weight excluding hydrogens is 310 g/mol. The number of aromatic nitrogens is 1. The van der Waals surface area contributed by atoms with Gasteiger partial charge in [-0.1, -0.05) is 0 Å². The maximum atomic E-state index is 12.2.